The Hall–Kier alpha value is -4.81. The first-order valence-electron chi connectivity index (χ1n) is 17.4. The van der Waals surface area contributed by atoms with E-state index in [1.54, 1.807) is 35.2 Å². The summed E-state index contributed by atoms with van der Waals surface area (Å²) in [7, 11) is 0. The van der Waals surface area contributed by atoms with E-state index >= 15 is 0 Å². The second-order valence-electron chi connectivity index (χ2n) is 14.6. The van der Waals surface area contributed by atoms with Crippen LogP contribution in [0.15, 0.2) is 53.9 Å². The van der Waals surface area contributed by atoms with Crippen LogP contribution in [0, 0.1) is 17.3 Å². The number of hydrogen-bond donors (Lipinski definition) is 3. The van der Waals surface area contributed by atoms with E-state index < -0.39 is 64.9 Å². The maximum atomic E-state index is 14.5. The van der Waals surface area contributed by atoms with Crippen LogP contribution in [0.3, 0.4) is 0 Å². The minimum atomic E-state index is -1.16. The molecule has 3 N–H and O–H groups in total. The molecule has 2 heterocycles. The average Bonchev–Trinajstić information content (AvgIpc) is 3.70. The number of hydrogen-bond acceptors (Lipinski definition) is 9. The molecule has 266 valence electrons. The Labute approximate surface area is 292 Å². The van der Waals surface area contributed by atoms with E-state index in [-0.39, 0.29) is 30.0 Å². The van der Waals surface area contributed by atoms with Gasteiger partial charge in [0.25, 0.3) is 11.8 Å². The van der Waals surface area contributed by atoms with E-state index in [1.165, 1.54) is 25.5 Å². The SMILES string of the molecule is CCC[C@H](/N=C1\CC[C@H]2CN(C(=O)[C@@H](NC(=O)[C@@H](NC(=O)c3cnccn3)c3ccccc3)C(C)(C)C)[C@H](C(C)=O)[C@@H]12)C(=O)C(=O)NC1CC1. The summed E-state index contributed by atoms with van der Waals surface area (Å²) in [4.78, 5) is 95.2. The van der Waals surface area contributed by atoms with Crippen LogP contribution < -0.4 is 16.0 Å². The van der Waals surface area contributed by atoms with Crippen molar-refractivity contribution in [2.45, 2.75) is 103 Å². The van der Waals surface area contributed by atoms with E-state index in [2.05, 4.69) is 25.9 Å². The zero-order valence-corrected chi connectivity index (χ0v) is 29.3. The number of fused-ring (bicyclic) bond motifs is 1. The molecule has 0 bridgehead atoms. The molecule has 2 saturated carbocycles. The maximum absolute atomic E-state index is 14.5. The number of amides is 4. The van der Waals surface area contributed by atoms with Gasteiger partial charge < -0.3 is 20.9 Å². The van der Waals surface area contributed by atoms with Gasteiger partial charge in [0.2, 0.25) is 17.6 Å². The highest BCUT2D eigenvalue weighted by Crippen LogP contribution is 2.42. The molecule has 13 nitrogen and oxygen atoms in total. The normalized spacial score (nSPS) is 22.6. The number of nitrogens with zero attached hydrogens (tertiary/aromatic N) is 4. The average molecular weight is 686 g/mol. The number of aliphatic imine (C=N–C) groups is 1. The number of benzene rings is 1. The van der Waals surface area contributed by atoms with Gasteiger partial charge in [0.1, 0.15) is 23.8 Å². The lowest BCUT2D eigenvalue weighted by atomic mass is 9.84. The first-order chi connectivity index (χ1) is 23.8. The third kappa shape index (κ3) is 8.31. The number of ketones is 2. The number of rotatable bonds is 13. The van der Waals surface area contributed by atoms with Gasteiger partial charge in [-0.25, -0.2) is 4.98 Å². The van der Waals surface area contributed by atoms with Crippen LogP contribution in [0.2, 0.25) is 0 Å². The number of aromatic nitrogens is 2. The summed E-state index contributed by atoms with van der Waals surface area (Å²) in [5.74, 6) is -3.51. The lowest BCUT2D eigenvalue weighted by Crippen LogP contribution is -2.58. The van der Waals surface area contributed by atoms with Crippen LogP contribution in [0.4, 0.5) is 0 Å². The molecule has 1 aromatic heterocycles. The second-order valence-corrected chi connectivity index (χ2v) is 14.6. The van der Waals surface area contributed by atoms with Crippen LogP contribution in [-0.4, -0.2) is 86.5 Å². The molecule has 0 spiro atoms. The molecular formula is C37H47N7O6. The highest BCUT2D eigenvalue weighted by Gasteiger charge is 2.53. The van der Waals surface area contributed by atoms with Crippen LogP contribution in [0.1, 0.15) is 95.2 Å². The third-order valence-corrected chi connectivity index (χ3v) is 9.66. The van der Waals surface area contributed by atoms with Crippen molar-refractivity contribution < 1.29 is 28.8 Å². The monoisotopic (exact) mass is 685 g/mol. The Balaban J connectivity index is 1.39. The number of Topliss-reactive ketones (excluding diaryl/α,β-unsaturated/α-hetero) is 2. The molecule has 6 atom stereocenters. The molecule has 50 heavy (non-hydrogen) atoms. The molecule has 1 aliphatic heterocycles. The van der Waals surface area contributed by atoms with E-state index in [1.807, 2.05) is 27.7 Å². The molecule has 3 aliphatic rings. The summed E-state index contributed by atoms with van der Waals surface area (Å²) in [6.45, 7) is 9.13. The quantitative estimate of drug-likeness (QED) is 0.269. The van der Waals surface area contributed by atoms with Gasteiger partial charge in [-0.15, -0.1) is 0 Å². The Morgan fingerprint density at radius 3 is 2.32 bits per heavy atom. The van der Waals surface area contributed by atoms with Crippen molar-refractivity contribution in [2.24, 2.45) is 22.2 Å². The predicted octanol–water partition coefficient (Wildman–Crippen LogP) is 2.76. The Kier molecular flexibility index (Phi) is 11.2. The van der Waals surface area contributed by atoms with Crippen LogP contribution in [-0.2, 0) is 24.0 Å². The van der Waals surface area contributed by atoms with Gasteiger partial charge in [0.05, 0.1) is 12.2 Å². The van der Waals surface area contributed by atoms with Crippen LogP contribution in [0.25, 0.3) is 0 Å². The van der Waals surface area contributed by atoms with Crippen molar-refractivity contribution in [3.05, 3.63) is 60.2 Å². The lowest BCUT2D eigenvalue weighted by molar-refractivity contribution is -0.143. The zero-order valence-electron chi connectivity index (χ0n) is 29.3. The number of carbonyl (C=O) groups excluding carboxylic acids is 6. The summed E-state index contributed by atoms with van der Waals surface area (Å²) in [6, 6.07) is 4.82. The zero-order chi connectivity index (χ0) is 36.2. The number of carbonyl (C=O) groups is 6. The second kappa shape index (κ2) is 15.4. The van der Waals surface area contributed by atoms with Crippen molar-refractivity contribution in [3.63, 3.8) is 0 Å². The standard InChI is InChI=1S/C37H47N7O6/c1-6-10-26(31(46)35(49)40-24-14-15-24)41-25-16-13-23-20-44(30(21(2)45)28(23)25)36(50)32(37(3,4)5)43-34(48)29(22-11-8-7-9-12-22)42-33(47)27-19-38-17-18-39-27/h7-9,11-12,17-19,23-24,26,28-30,32H,6,10,13-16,20H2,1-5H3,(H,40,49)(H,42,47)(H,43,48)/b41-25+/t23-,26-,28+,29-,30+,32+/m0/s1. The summed E-state index contributed by atoms with van der Waals surface area (Å²) >= 11 is 0. The molecule has 5 rings (SSSR count). The number of nitrogens with one attached hydrogen (secondary N) is 3. The van der Waals surface area contributed by atoms with Crippen molar-refractivity contribution in [1.29, 1.82) is 0 Å². The highest BCUT2D eigenvalue weighted by molar-refractivity contribution is 6.38. The molecule has 13 heteroatoms. The maximum Gasteiger partial charge on any atom is 0.289 e. The van der Waals surface area contributed by atoms with E-state index in [4.69, 9.17) is 4.99 Å². The van der Waals surface area contributed by atoms with Crippen molar-refractivity contribution in [3.8, 4) is 0 Å². The van der Waals surface area contributed by atoms with Crippen LogP contribution in [0.5, 0.6) is 0 Å². The third-order valence-electron chi connectivity index (χ3n) is 9.66. The highest BCUT2D eigenvalue weighted by atomic mass is 16.2. The molecule has 0 radical (unpaired) electrons. The molecule has 2 aliphatic carbocycles. The van der Waals surface area contributed by atoms with E-state index in [9.17, 15) is 28.8 Å². The van der Waals surface area contributed by atoms with E-state index in [0.717, 1.165) is 12.8 Å². The van der Waals surface area contributed by atoms with Crippen molar-refractivity contribution in [2.75, 3.05) is 6.54 Å². The molecule has 2 aromatic rings. The fraction of sp³-hybridized carbons (Fsp3) is 0.541. The first-order valence-corrected chi connectivity index (χ1v) is 17.4. The largest absolute Gasteiger partial charge is 0.347 e. The molecule has 1 saturated heterocycles. The van der Waals surface area contributed by atoms with Gasteiger partial charge in [-0.1, -0.05) is 64.4 Å². The summed E-state index contributed by atoms with van der Waals surface area (Å²) < 4.78 is 0. The lowest BCUT2D eigenvalue weighted by Gasteiger charge is -2.37. The summed E-state index contributed by atoms with van der Waals surface area (Å²) in [5.41, 5.74) is 0.430. The molecule has 1 aromatic carbocycles. The Morgan fingerprint density at radius 2 is 1.72 bits per heavy atom. The van der Waals surface area contributed by atoms with Gasteiger partial charge in [0.15, 0.2) is 5.78 Å². The molecule has 4 amide bonds. The molecule has 0 unspecified atom stereocenters. The van der Waals surface area contributed by atoms with Gasteiger partial charge in [0, 0.05) is 36.6 Å². The van der Waals surface area contributed by atoms with Gasteiger partial charge in [-0.2, -0.15) is 0 Å². The predicted molar refractivity (Wildman–Crippen MR) is 185 cm³/mol. The summed E-state index contributed by atoms with van der Waals surface area (Å²) in [6.07, 6.45) is 8.13. The Morgan fingerprint density at radius 1 is 1.00 bits per heavy atom. The molecular weight excluding hydrogens is 638 g/mol. The van der Waals surface area contributed by atoms with Crippen molar-refractivity contribution >= 4 is 40.9 Å². The minimum absolute atomic E-state index is 0.0291. The minimum Gasteiger partial charge on any atom is -0.347 e. The summed E-state index contributed by atoms with van der Waals surface area (Å²) in [5, 5.41) is 8.41. The van der Waals surface area contributed by atoms with Gasteiger partial charge >= 0.3 is 0 Å². The Bertz CT molecular complexity index is 1640. The smallest absolute Gasteiger partial charge is 0.289 e. The van der Waals surface area contributed by atoms with Gasteiger partial charge in [-0.05, 0) is 55.9 Å². The fourth-order valence-electron chi connectivity index (χ4n) is 6.98. The molecule has 3 fully saturated rings. The number of likely N-dealkylation sites (tertiary alicyclic amines) is 1. The van der Waals surface area contributed by atoms with Crippen molar-refractivity contribution in [1.82, 2.24) is 30.8 Å². The fourth-order valence-corrected chi connectivity index (χ4v) is 6.98. The van der Waals surface area contributed by atoms with E-state index in [0.29, 0.717) is 37.0 Å². The topological polar surface area (TPSA) is 180 Å². The van der Waals surface area contributed by atoms with Crippen LogP contribution >= 0.6 is 0 Å². The first kappa shape index (κ1) is 36.5. The van der Waals surface area contributed by atoms with Gasteiger partial charge in [-0.3, -0.25) is 38.7 Å².